The van der Waals surface area contributed by atoms with E-state index in [1.54, 1.807) is 0 Å². The van der Waals surface area contributed by atoms with Crippen LogP contribution in [0.25, 0.3) is 117 Å². The Morgan fingerprint density at radius 2 is 0.704 bits per heavy atom. The summed E-state index contributed by atoms with van der Waals surface area (Å²) in [6.45, 7) is 0. The molecule has 10 aromatic carbocycles. The summed E-state index contributed by atoms with van der Waals surface area (Å²) < 4.78 is 5.41. The van der Waals surface area contributed by atoms with E-state index in [1.165, 1.54) is 117 Å². The maximum atomic E-state index is 2.48. The van der Waals surface area contributed by atoms with Crippen molar-refractivity contribution in [1.82, 2.24) is 0 Å². The SMILES string of the molecule is c1ccc2c(-c3c4ccccc4c(-c4ccc(-c5cc6sc7ccccc7c6c6sc7ccccc7c56)c5ccccc45)c4ccccc34)cccc2c1. The molecule has 0 nitrogen and oxygen atoms in total. The van der Waals surface area contributed by atoms with Crippen LogP contribution in [0, 0.1) is 0 Å². The highest BCUT2D eigenvalue weighted by atomic mass is 32.1. The van der Waals surface area contributed by atoms with Crippen molar-refractivity contribution >= 4 is 106 Å². The molecule has 0 bridgehead atoms. The number of thiophene rings is 2. The van der Waals surface area contributed by atoms with Crippen LogP contribution in [-0.2, 0) is 0 Å². The van der Waals surface area contributed by atoms with Crippen molar-refractivity contribution in [2.75, 3.05) is 0 Å². The first-order valence-corrected chi connectivity index (χ1v) is 20.1. The largest absolute Gasteiger partial charge is 0.135 e. The molecule has 0 saturated carbocycles. The minimum atomic E-state index is 1.26. The molecule has 0 aliphatic carbocycles. The van der Waals surface area contributed by atoms with Gasteiger partial charge < -0.3 is 0 Å². The molecule has 12 aromatic rings. The summed E-state index contributed by atoms with van der Waals surface area (Å²) in [5.41, 5.74) is 7.72. The van der Waals surface area contributed by atoms with Crippen LogP contribution in [0.1, 0.15) is 0 Å². The minimum Gasteiger partial charge on any atom is -0.135 e. The molecule has 54 heavy (non-hydrogen) atoms. The molecule has 0 unspecified atom stereocenters. The lowest BCUT2D eigenvalue weighted by Gasteiger charge is -2.20. The second-order valence-electron chi connectivity index (χ2n) is 14.3. The van der Waals surface area contributed by atoms with Crippen molar-refractivity contribution in [1.29, 1.82) is 0 Å². The molecule has 2 heteroatoms. The zero-order chi connectivity index (χ0) is 35.3. The second-order valence-corrected chi connectivity index (χ2v) is 16.4. The van der Waals surface area contributed by atoms with Gasteiger partial charge in [-0.25, -0.2) is 0 Å². The van der Waals surface area contributed by atoms with Gasteiger partial charge in [0.15, 0.2) is 0 Å². The molecule has 0 fully saturated rings. The number of hydrogen-bond acceptors (Lipinski definition) is 2. The molecule has 0 radical (unpaired) electrons. The van der Waals surface area contributed by atoms with E-state index in [2.05, 4.69) is 182 Å². The Labute approximate surface area is 319 Å². The first kappa shape index (κ1) is 30.2. The molecule has 0 aliphatic heterocycles. The van der Waals surface area contributed by atoms with Crippen molar-refractivity contribution in [3.63, 3.8) is 0 Å². The van der Waals surface area contributed by atoms with E-state index >= 15 is 0 Å². The third kappa shape index (κ3) is 4.24. The average molecular weight is 719 g/mol. The number of hydrogen-bond donors (Lipinski definition) is 0. The predicted molar refractivity (Wildman–Crippen MR) is 239 cm³/mol. The van der Waals surface area contributed by atoms with Gasteiger partial charge in [-0.2, -0.15) is 0 Å². The highest BCUT2D eigenvalue weighted by Gasteiger charge is 2.22. The zero-order valence-corrected chi connectivity index (χ0v) is 30.8. The summed E-state index contributed by atoms with van der Waals surface area (Å²) in [5.74, 6) is 0. The van der Waals surface area contributed by atoms with Crippen LogP contribution < -0.4 is 0 Å². The summed E-state index contributed by atoms with van der Waals surface area (Å²) in [7, 11) is 0. The number of fused-ring (bicyclic) bond motifs is 11. The minimum absolute atomic E-state index is 1.26. The maximum Gasteiger partial charge on any atom is 0.0454 e. The topological polar surface area (TPSA) is 0 Å². The van der Waals surface area contributed by atoms with Crippen LogP contribution in [-0.4, -0.2) is 0 Å². The van der Waals surface area contributed by atoms with Crippen molar-refractivity contribution in [3.8, 4) is 33.4 Å². The molecule has 0 amide bonds. The van der Waals surface area contributed by atoms with Gasteiger partial charge in [-0.3, -0.25) is 0 Å². The summed E-state index contributed by atoms with van der Waals surface area (Å²) in [6, 6.07) is 67.7. The summed E-state index contributed by atoms with van der Waals surface area (Å²) in [5, 5.41) is 15.6. The average Bonchev–Trinajstić information content (AvgIpc) is 3.81. The van der Waals surface area contributed by atoms with E-state index in [4.69, 9.17) is 0 Å². The van der Waals surface area contributed by atoms with Crippen LogP contribution in [0.3, 0.4) is 0 Å². The van der Waals surface area contributed by atoms with E-state index in [9.17, 15) is 0 Å². The van der Waals surface area contributed by atoms with Gasteiger partial charge in [-0.05, 0) is 94.7 Å². The normalized spacial score (nSPS) is 12.1. The lowest BCUT2D eigenvalue weighted by molar-refractivity contribution is 1.68. The Balaban J connectivity index is 1.18. The number of rotatable bonds is 3. The molecule has 0 saturated heterocycles. The molecule has 0 spiro atoms. The van der Waals surface area contributed by atoms with E-state index in [-0.39, 0.29) is 0 Å². The molecule has 250 valence electrons. The Kier molecular flexibility index (Phi) is 6.48. The van der Waals surface area contributed by atoms with Gasteiger partial charge in [0.1, 0.15) is 0 Å². The highest BCUT2D eigenvalue weighted by Crippen LogP contribution is 2.51. The van der Waals surface area contributed by atoms with E-state index in [0.717, 1.165) is 0 Å². The van der Waals surface area contributed by atoms with Gasteiger partial charge in [0.2, 0.25) is 0 Å². The first-order chi connectivity index (χ1) is 26.8. The molecular formula is C52H30S2. The van der Waals surface area contributed by atoms with Gasteiger partial charge in [0.25, 0.3) is 0 Å². The fourth-order valence-corrected chi connectivity index (χ4v) is 11.7. The van der Waals surface area contributed by atoms with Crippen molar-refractivity contribution in [2.24, 2.45) is 0 Å². The van der Waals surface area contributed by atoms with Gasteiger partial charge in [0, 0.05) is 40.3 Å². The van der Waals surface area contributed by atoms with Crippen LogP contribution in [0.4, 0.5) is 0 Å². The van der Waals surface area contributed by atoms with Gasteiger partial charge in [-0.1, -0.05) is 164 Å². The molecule has 12 rings (SSSR count). The second kappa shape index (κ2) is 11.6. The molecule has 2 aromatic heterocycles. The summed E-state index contributed by atoms with van der Waals surface area (Å²) in [6.07, 6.45) is 0. The smallest absolute Gasteiger partial charge is 0.0454 e. The highest BCUT2D eigenvalue weighted by molar-refractivity contribution is 7.30. The van der Waals surface area contributed by atoms with Gasteiger partial charge in [-0.15, -0.1) is 22.7 Å². The van der Waals surface area contributed by atoms with Crippen LogP contribution in [0.2, 0.25) is 0 Å². The molecule has 0 N–H and O–H groups in total. The zero-order valence-electron chi connectivity index (χ0n) is 29.1. The summed E-state index contributed by atoms with van der Waals surface area (Å²) >= 11 is 3.84. The fourth-order valence-electron chi connectivity index (χ4n) is 9.21. The lowest BCUT2D eigenvalue weighted by Crippen LogP contribution is -1.93. The lowest BCUT2D eigenvalue weighted by atomic mass is 9.83. The Bertz CT molecular complexity index is 3440. The molecule has 2 heterocycles. The Morgan fingerprint density at radius 3 is 1.35 bits per heavy atom. The quantitative estimate of drug-likeness (QED) is 0.160. The predicted octanol–water partition coefficient (Wildman–Crippen LogP) is 16.0. The maximum absolute atomic E-state index is 2.48. The monoisotopic (exact) mass is 718 g/mol. The first-order valence-electron chi connectivity index (χ1n) is 18.5. The van der Waals surface area contributed by atoms with Crippen LogP contribution >= 0.6 is 22.7 Å². The van der Waals surface area contributed by atoms with Crippen LogP contribution in [0.5, 0.6) is 0 Å². The molecule has 0 aliphatic rings. The molecular weight excluding hydrogens is 689 g/mol. The van der Waals surface area contributed by atoms with E-state index < -0.39 is 0 Å². The Hall–Kier alpha value is -6.32. The third-order valence-electron chi connectivity index (χ3n) is 11.5. The third-order valence-corrected chi connectivity index (χ3v) is 13.8. The van der Waals surface area contributed by atoms with E-state index in [1.807, 2.05) is 22.7 Å². The van der Waals surface area contributed by atoms with Gasteiger partial charge in [0.05, 0.1) is 0 Å². The fraction of sp³-hybridized carbons (Fsp3) is 0. The van der Waals surface area contributed by atoms with Crippen molar-refractivity contribution in [3.05, 3.63) is 182 Å². The Morgan fingerprint density at radius 1 is 0.259 bits per heavy atom. The van der Waals surface area contributed by atoms with Gasteiger partial charge >= 0.3 is 0 Å². The standard InChI is InChI=1S/C52H30S2/c1-2-16-32-31(14-1)15-13-25-36(32)48-37-19-5-7-21-39(37)49(40-22-8-6-20-38(40)48)41-29-28-35(33-17-3-4-18-34(33)41)44-30-47-51(43-24-10-11-26-45(43)53-47)52-50(44)42-23-9-12-27-46(42)54-52/h1-30H. The van der Waals surface area contributed by atoms with Crippen molar-refractivity contribution < 1.29 is 0 Å². The number of benzene rings is 10. The summed E-state index contributed by atoms with van der Waals surface area (Å²) in [4.78, 5) is 0. The van der Waals surface area contributed by atoms with Crippen molar-refractivity contribution in [2.45, 2.75) is 0 Å². The van der Waals surface area contributed by atoms with Crippen LogP contribution in [0.15, 0.2) is 182 Å². The van der Waals surface area contributed by atoms with E-state index in [0.29, 0.717) is 0 Å². The molecule has 0 atom stereocenters.